The number of methoxy groups -OCH3 is 1. The van der Waals surface area contributed by atoms with E-state index in [9.17, 15) is 9.59 Å². The second-order valence-corrected chi connectivity index (χ2v) is 8.49. The molecule has 2 amide bonds. The number of hydrogen-bond acceptors (Lipinski definition) is 6. The fraction of sp³-hybridized carbons (Fsp3) is 0.385. The van der Waals surface area contributed by atoms with Gasteiger partial charge in [0.1, 0.15) is 5.75 Å². The number of amides is 2. The van der Waals surface area contributed by atoms with Gasteiger partial charge in [-0.2, -0.15) is 0 Å². The molecule has 0 aliphatic carbocycles. The summed E-state index contributed by atoms with van der Waals surface area (Å²) in [5.41, 5.74) is 4.07. The van der Waals surface area contributed by atoms with Crippen LogP contribution >= 0.6 is 0 Å². The number of para-hydroxylation sites is 2. The Balaban J connectivity index is 1.53. The van der Waals surface area contributed by atoms with E-state index in [-0.39, 0.29) is 6.03 Å². The first kappa shape index (κ1) is 23.6. The zero-order valence-electron chi connectivity index (χ0n) is 20.0. The summed E-state index contributed by atoms with van der Waals surface area (Å²) >= 11 is 0. The molecule has 2 aliphatic rings. The zero-order chi connectivity index (χ0) is 24.1. The maximum atomic E-state index is 12.8. The number of aryl methyl sites for hydroxylation is 1. The largest absolute Gasteiger partial charge is 0.492 e. The van der Waals surface area contributed by atoms with Crippen molar-refractivity contribution in [1.29, 1.82) is 0 Å². The first-order valence-corrected chi connectivity index (χ1v) is 11.6. The van der Waals surface area contributed by atoms with E-state index in [1.165, 1.54) is 7.11 Å². The lowest BCUT2D eigenvalue weighted by Gasteiger charge is -2.38. The molecule has 8 heteroatoms. The Bertz CT molecular complexity index is 1060. The van der Waals surface area contributed by atoms with Crippen molar-refractivity contribution in [3.05, 3.63) is 70.9 Å². The molecule has 0 spiro atoms. The lowest BCUT2D eigenvalue weighted by atomic mass is 9.94. The molecular formula is C26H32N4O4. The van der Waals surface area contributed by atoms with Gasteiger partial charge >= 0.3 is 12.0 Å². The number of nitrogens with one attached hydrogen (secondary N) is 2. The predicted octanol–water partition coefficient (Wildman–Crippen LogP) is 3.00. The van der Waals surface area contributed by atoms with Gasteiger partial charge in [-0.15, -0.1) is 0 Å². The topological polar surface area (TPSA) is 83.1 Å². The summed E-state index contributed by atoms with van der Waals surface area (Å²) in [5.74, 6) is 0.443. The normalized spacial score (nSPS) is 18.9. The van der Waals surface area contributed by atoms with Crippen molar-refractivity contribution in [3.8, 4) is 5.75 Å². The van der Waals surface area contributed by atoms with Gasteiger partial charge in [0.25, 0.3) is 0 Å². The number of piperazine rings is 1. The van der Waals surface area contributed by atoms with E-state index in [2.05, 4.69) is 26.5 Å². The number of nitrogens with zero attached hydrogens (tertiary/aromatic N) is 2. The quantitative estimate of drug-likeness (QED) is 0.613. The van der Waals surface area contributed by atoms with Gasteiger partial charge in [-0.3, -0.25) is 4.90 Å². The van der Waals surface area contributed by atoms with Crippen molar-refractivity contribution in [1.82, 2.24) is 15.5 Å². The van der Waals surface area contributed by atoms with E-state index in [0.717, 1.165) is 48.7 Å². The minimum Gasteiger partial charge on any atom is -0.492 e. The maximum absolute atomic E-state index is 12.8. The molecule has 2 aromatic rings. The third kappa shape index (κ3) is 5.17. The molecule has 2 aromatic carbocycles. The number of benzene rings is 2. The van der Waals surface area contributed by atoms with E-state index >= 15 is 0 Å². The summed E-state index contributed by atoms with van der Waals surface area (Å²) in [5, 5.41) is 5.74. The monoisotopic (exact) mass is 464 g/mol. The van der Waals surface area contributed by atoms with Gasteiger partial charge in [0.2, 0.25) is 0 Å². The minimum atomic E-state index is -0.559. The van der Waals surface area contributed by atoms with Crippen LogP contribution in [0.2, 0.25) is 0 Å². The number of carbonyl (C=O) groups excluding carboxylic acids is 2. The lowest BCUT2D eigenvalue weighted by molar-refractivity contribution is -0.136. The van der Waals surface area contributed by atoms with Crippen LogP contribution in [-0.4, -0.2) is 63.3 Å². The molecule has 180 valence electrons. The van der Waals surface area contributed by atoms with Crippen LogP contribution in [0, 0.1) is 6.92 Å². The van der Waals surface area contributed by atoms with Crippen LogP contribution in [0.25, 0.3) is 0 Å². The Morgan fingerprint density at radius 1 is 1.06 bits per heavy atom. The third-order valence-electron chi connectivity index (χ3n) is 6.23. The Kier molecular flexibility index (Phi) is 7.37. The van der Waals surface area contributed by atoms with E-state index in [1.807, 2.05) is 56.3 Å². The van der Waals surface area contributed by atoms with E-state index < -0.39 is 12.0 Å². The average molecular weight is 465 g/mol. The van der Waals surface area contributed by atoms with Crippen molar-refractivity contribution in [2.75, 3.05) is 51.3 Å². The van der Waals surface area contributed by atoms with Crippen molar-refractivity contribution >= 4 is 17.7 Å². The molecule has 34 heavy (non-hydrogen) atoms. The molecule has 2 N–H and O–H groups in total. The summed E-state index contributed by atoms with van der Waals surface area (Å²) in [4.78, 5) is 29.9. The average Bonchev–Trinajstić information content (AvgIpc) is 2.85. The van der Waals surface area contributed by atoms with Crippen LogP contribution in [0.15, 0.2) is 59.8 Å². The van der Waals surface area contributed by atoms with Crippen LogP contribution in [0.5, 0.6) is 5.75 Å². The molecule has 0 radical (unpaired) electrons. The lowest BCUT2D eigenvalue weighted by Crippen LogP contribution is -2.51. The molecule has 8 nitrogen and oxygen atoms in total. The van der Waals surface area contributed by atoms with Gasteiger partial charge in [-0.1, -0.05) is 42.0 Å². The first-order valence-electron chi connectivity index (χ1n) is 11.6. The van der Waals surface area contributed by atoms with Crippen molar-refractivity contribution < 1.29 is 19.1 Å². The highest BCUT2D eigenvalue weighted by molar-refractivity contribution is 5.95. The Morgan fingerprint density at radius 3 is 2.44 bits per heavy atom. The van der Waals surface area contributed by atoms with E-state index in [4.69, 9.17) is 9.47 Å². The number of carbonyl (C=O) groups is 2. The molecule has 1 fully saturated rings. The van der Waals surface area contributed by atoms with Crippen LogP contribution in [0.1, 0.15) is 24.1 Å². The zero-order valence-corrected chi connectivity index (χ0v) is 20.0. The summed E-state index contributed by atoms with van der Waals surface area (Å²) < 4.78 is 10.9. The van der Waals surface area contributed by atoms with Crippen LogP contribution in [0.4, 0.5) is 10.5 Å². The van der Waals surface area contributed by atoms with Crippen LogP contribution in [0.3, 0.4) is 0 Å². The van der Waals surface area contributed by atoms with Gasteiger partial charge in [-0.25, -0.2) is 9.59 Å². The van der Waals surface area contributed by atoms with Crippen molar-refractivity contribution in [2.24, 2.45) is 0 Å². The van der Waals surface area contributed by atoms with Gasteiger partial charge in [0.15, 0.2) is 0 Å². The highest BCUT2D eigenvalue weighted by Crippen LogP contribution is 2.30. The van der Waals surface area contributed by atoms with Gasteiger partial charge in [-0.05, 0) is 31.5 Å². The number of urea groups is 1. The Hall–Kier alpha value is -3.52. The fourth-order valence-corrected chi connectivity index (χ4v) is 4.47. The van der Waals surface area contributed by atoms with Gasteiger partial charge in [0.05, 0.1) is 31.0 Å². The summed E-state index contributed by atoms with van der Waals surface area (Å²) in [6.45, 7) is 8.28. The number of ether oxygens (including phenoxy) is 2. The third-order valence-corrected chi connectivity index (χ3v) is 6.23. The Labute approximate surface area is 200 Å². The number of hydrogen-bond donors (Lipinski definition) is 2. The summed E-state index contributed by atoms with van der Waals surface area (Å²) in [7, 11) is 1.37. The molecule has 2 aliphatic heterocycles. The molecule has 0 aromatic heterocycles. The smallest absolute Gasteiger partial charge is 0.338 e. The van der Waals surface area contributed by atoms with Crippen molar-refractivity contribution in [2.45, 2.75) is 19.9 Å². The van der Waals surface area contributed by atoms with E-state index in [1.54, 1.807) is 0 Å². The van der Waals surface area contributed by atoms with Gasteiger partial charge < -0.3 is 25.0 Å². The van der Waals surface area contributed by atoms with Crippen molar-refractivity contribution in [3.63, 3.8) is 0 Å². The minimum absolute atomic E-state index is 0.322. The molecule has 1 saturated heterocycles. The molecule has 0 bridgehead atoms. The molecule has 0 saturated carbocycles. The summed E-state index contributed by atoms with van der Waals surface area (Å²) in [6.07, 6.45) is 0. The standard InChI is InChI=1S/C26H32N4O4/c1-4-34-22-8-6-5-7-21(22)30-15-13-29(14-16-30)17-20-23(25(31)33-3)24(28-26(32)27-20)19-11-9-18(2)10-12-19/h5-12,24H,4,13-17H2,1-3H3,(H2,27,28,32)/t24-/m0/s1. The highest BCUT2D eigenvalue weighted by atomic mass is 16.5. The predicted molar refractivity (Wildman–Crippen MR) is 131 cm³/mol. The fourth-order valence-electron chi connectivity index (χ4n) is 4.47. The second-order valence-electron chi connectivity index (χ2n) is 8.49. The van der Waals surface area contributed by atoms with Crippen LogP contribution in [-0.2, 0) is 9.53 Å². The molecule has 4 rings (SSSR count). The SMILES string of the molecule is CCOc1ccccc1N1CCN(CC2=C(C(=O)OC)[C@H](c3ccc(C)cc3)NC(=O)N2)CC1. The number of anilines is 1. The van der Waals surface area contributed by atoms with Gasteiger partial charge in [0, 0.05) is 38.4 Å². The molecule has 2 heterocycles. The van der Waals surface area contributed by atoms with Crippen LogP contribution < -0.4 is 20.3 Å². The first-order chi connectivity index (χ1) is 16.5. The highest BCUT2D eigenvalue weighted by Gasteiger charge is 2.34. The second kappa shape index (κ2) is 10.6. The number of rotatable bonds is 7. The maximum Gasteiger partial charge on any atom is 0.338 e. The number of esters is 1. The molecule has 1 atom stereocenters. The Morgan fingerprint density at radius 2 is 1.76 bits per heavy atom. The summed E-state index contributed by atoms with van der Waals surface area (Å²) in [6, 6.07) is 15.0. The molecular weight excluding hydrogens is 432 g/mol. The van der Waals surface area contributed by atoms with E-state index in [0.29, 0.717) is 24.4 Å². The molecule has 0 unspecified atom stereocenters.